The minimum atomic E-state index is -3.30. The minimum absolute atomic E-state index is 0.302. The molecule has 0 aromatic heterocycles. The Bertz CT molecular complexity index is 269. The summed E-state index contributed by atoms with van der Waals surface area (Å²) in [5, 5.41) is 0. The van der Waals surface area contributed by atoms with E-state index in [0.29, 0.717) is 6.54 Å². The molecule has 0 unspecified atom stereocenters. The lowest BCUT2D eigenvalue weighted by atomic mass is 9.78. The minimum Gasteiger partial charge on any atom is -0.324 e. The molecule has 1 fully saturated rings. The van der Waals surface area contributed by atoms with Crippen LogP contribution in [0.1, 0.15) is 19.3 Å². The van der Waals surface area contributed by atoms with E-state index in [1.807, 2.05) is 0 Å². The van der Waals surface area contributed by atoms with Gasteiger partial charge in [-0.25, -0.2) is 4.72 Å². The average Bonchev–Trinajstić information content (AvgIpc) is 1.97. The van der Waals surface area contributed by atoms with Crippen molar-refractivity contribution < 1.29 is 8.42 Å². The van der Waals surface area contributed by atoms with Gasteiger partial charge in [0.1, 0.15) is 0 Å². The molecule has 78 valence electrons. The molecule has 0 heterocycles. The Morgan fingerprint density at radius 1 is 1.46 bits per heavy atom. The summed E-state index contributed by atoms with van der Waals surface area (Å²) in [7, 11) is -0.320. The molecule has 1 aliphatic rings. The van der Waals surface area contributed by atoms with Crippen LogP contribution < -0.4 is 10.5 Å². The van der Waals surface area contributed by atoms with Crippen LogP contribution >= 0.6 is 0 Å². The van der Waals surface area contributed by atoms with Gasteiger partial charge in [-0.05, 0) is 19.3 Å². The van der Waals surface area contributed by atoms with Crippen molar-refractivity contribution in [2.24, 2.45) is 5.73 Å². The second-order valence-corrected chi connectivity index (χ2v) is 5.79. The molecule has 1 rings (SSSR count). The Morgan fingerprint density at radius 2 is 2.00 bits per heavy atom. The summed E-state index contributed by atoms with van der Waals surface area (Å²) in [5.41, 5.74) is 5.56. The number of nitrogens with one attached hydrogen (secondary N) is 1. The predicted octanol–water partition coefficient (Wildman–Crippen LogP) is -0.736. The van der Waals surface area contributed by atoms with Crippen molar-refractivity contribution in [2.75, 3.05) is 20.6 Å². The maximum Gasteiger partial charge on any atom is 0.278 e. The zero-order valence-electron chi connectivity index (χ0n) is 8.08. The molecule has 3 N–H and O–H groups in total. The fraction of sp³-hybridized carbons (Fsp3) is 1.00. The summed E-state index contributed by atoms with van der Waals surface area (Å²) in [6.07, 6.45) is 2.91. The largest absolute Gasteiger partial charge is 0.324 e. The summed E-state index contributed by atoms with van der Waals surface area (Å²) in [6.45, 7) is 0.341. The summed E-state index contributed by atoms with van der Waals surface area (Å²) in [6, 6.07) is 0. The van der Waals surface area contributed by atoms with Gasteiger partial charge >= 0.3 is 0 Å². The van der Waals surface area contributed by atoms with E-state index < -0.39 is 10.2 Å². The lowest BCUT2D eigenvalue weighted by molar-refractivity contribution is 0.249. The van der Waals surface area contributed by atoms with Gasteiger partial charge in [-0.3, -0.25) is 0 Å². The molecule has 1 aliphatic carbocycles. The Hall–Kier alpha value is -0.170. The van der Waals surface area contributed by atoms with E-state index in [1.165, 1.54) is 14.1 Å². The maximum absolute atomic E-state index is 11.3. The molecule has 0 spiro atoms. The fourth-order valence-electron chi connectivity index (χ4n) is 1.17. The second-order valence-electron chi connectivity index (χ2n) is 3.82. The average molecular weight is 207 g/mol. The number of hydrogen-bond donors (Lipinski definition) is 2. The van der Waals surface area contributed by atoms with Gasteiger partial charge in [0.2, 0.25) is 0 Å². The summed E-state index contributed by atoms with van der Waals surface area (Å²) < 4.78 is 26.2. The van der Waals surface area contributed by atoms with E-state index in [4.69, 9.17) is 5.73 Å². The number of nitrogens with two attached hydrogens (primary N) is 1. The highest BCUT2D eigenvalue weighted by molar-refractivity contribution is 7.87. The highest BCUT2D eigenvalue weighted by atomic mass is 32.2. The summed E-state index contributed by atoms with van der Waals surface area (Å²) in [4.78, 5) is 0. The van der Waals surface area contributed by atoms with Crippen LogP contribution in [0.5, 0.6) is 0 Å². The van der Waals surface area contributed by atoms with Gasteiger partial charge in [0.05, 0.1) is 0 Å². The van der Waals surface area contributed by atoms with Gasteiger partial charge in [-0.2, -0.15) is 12.7 Å². The van der Waals surface area contributed by atoms with Crippen LogP contribution in [0.4, 0.5) is 0 Å². The van der Waals surface area contributed by atoms with Gasteiger partial charge in [0.15, 0.2) is 0 Å². The van der Waals surface area contributed by atoms with Crippen molar-refractivity contribution in [1.29, 1.82) is 0 Å². The van der Waals surface area contributed by atoms with Crippen LogP contribution in [0.15, 0.2) is 0 Å². The van der Waals surface area contributed by atoms with Crippen LogP contribution in [0.3, 0.4) is 0 Å². The Morgan fingerprint density at radius 3 is 2.31 bits per heavy atom. The topological polar surface area (TPSA) is 75.4 Å². The molecule has 0 saturated heterocycles. The SMILES string of the molecule is CN(C)S(=O)(=O)NCC1(N)CCC1. The molecule has 0 aromatic rings. The quantitative estimate of drug-likeness (QED) is 0.638. The van der Waals surface area contributed by atoms with Crippen molar-refractivity contribution in [3.05, 3.63) is 0 Å². The first-order chi connectivity index (χ1) is 5.86. The normalized spacial score (nSPS) is 21.5. The highest BCUT2D eigenvalue weighted by Crippen LogP contribution is 2.28. The summed E-state index contributed by atoms with van der Waals surface area (Å²) in [5.74, 6) is 0. The fourth-order valence-corrected chi connectivity index (χ4v) is 1.90. The van der Waals surface area contributed by atoms with E-state index in [9.17, 15) is 8.42 Å². The highest BCUT2D eigenvalue weighted by Gasteiger charge is 2.33. The first-order valence-corrected chi connectivity index (χ1v) is 5.76. The predicted molar refractivity (Wildman–Crippen MR) is 51.4 cm³/mol. The monoisotopic (exact) mass is 207 g/mol. The lowest BCUT2D eigenvalue weighted by Crippen LogP contribution is -2.56. The van der Waals surface area contributed by atoms with Crippen LogP contribution in [0.25, 0.3) is 0 Å². The van der Waals surface area contributed by atoms with Gasteiger partial charge < -0.3 is 5.73 Å². The van der Waals surface area contributed by atoms with Crippen LogP contribution in [0.2, 0.25) is 0 Å². The molecule has 6 heteroatoms. The van der Waals surface area contributed by atoms with Crippen molar-refractivity contribution >= 4 is 10.2 Å². The summed E-state index contributed by atoms with van der Waals surface area (Å²) >= 11 is 0. The molecule has 0 aliphatic heterocycles. The molecular formula is C7H17N3O2S. The van der Waals surface area contributed by atoms with Gasteiger partial charge in [0.25, 0.3) is 10.2 Å². The smallest absolute Gasteiger partial charge is 0.278 e. The molecule has 0 bridgehead atoms. The second kappa shape index (κ2) is 3.53. The Balaban J connectivity index is 2.42. The van der Waals surface area contributed by atoms with E-state index in [2.05, 4.69) is 4.72 Å². The zero-order chi connectivity index (χ0) is 10.1. The molecule has 5 nitrogen and oxygen atoms in total. The molecule has 0 radical (unpaired) electrons. The third-order valence-electron chi connectivity index (χ3n) is 2.44. The number of nitrogens with zero attached hydrogens (tertiary/aromatic N) is 1. The van der Waals surface area contributed by atoms with Crippen LogP contribution in [-0.2, 0) is 10.2 Å². The van der Waals surface area contributed by atoms with Crippen molar-refractivity contribution in [3.63, 3.8) is 0 Å². The van der Waals surface area contributed by atoms with E-state index >= 15 is 0 Å². The van der Waals surface area contributed by atoms with Crippen molar-refractivity contribution in [1.82, 2.24) is 9.03 Å². The maximum atomic E-state index is 11.3. The number of hydrogen-bond acceptors (Lipinski definition) is 3. The number of rotatable bonds is 4. The van der Waals surface area contributed by atoms with E-state index in [-0.39, 0.29) is 5.54 Å². The van der Waals surface area contributed by atoms with Crippen LogP contribution in [-0.4, -0.2) is 38.9 Å². The van der Waals surface area contributed by atoms with Gasteiger partial charge in [0, 0.05) is 26.2 Å². The lowest BCUT2D eigenvalue weighted by Gasteiger charge is -2.38. The Labute approximate surface area is 79.5 Å². The molecule has 13 heavy (non-hydrogen) atoms. The molecule has 0 amide bonds. The zero-order valence-corrected chi connectivity index (χ0v) is 8.89. The third kappa shape index (κ3) is 2.63. The standard InChI is InChI=1S/C7H17N3O2S/c1-10(2)13(11,12)9-6-7(8)4-3-5-7/h9H,3-6,8H2,1-2H3. The molecule has 0 atom stereocenters. The van der Waals surface area contributed by atoms with Crippen molar-refractivity contribution in [3.8, 4) is 0 Å². The van der Waals surface area contributed by atoms with E-state index in [1.54, 1.807) is 0 Å². The molecule has 0 aromatic carbocycles. The molecular weight excluding hydrogens is 190 g/mol. The van der Waals surface area contributed by atoms with Crippen molar-refractivity contribution in [2.45, 2.75) is 24.8 Å². The van der Waals surface area contributed by atoms with Crippen LogP contribution in [0, 0.1) is 0 Å². The van der Waals surface area contributed by atoms with Gasteiger partial charge in [-0.15, -0.1) is 0 Å². The van der Waals surface area contributed by atoms with E-state index in [0.717, 1.165) is 23.6 Å². The first-order valence-electron chi connectivity index (χ1n) is 4.32. The first kappa shape index (κ1) is 10.9. The molecule has 1 saturated carbocycles. The Kier molecular flexibility index (Phi) is 2.96. The van der Waals surface area contributed by atoms with Gasteiger partial charge in [-0.1, -0.05) is 0 Å². The third-order valence-corrected chi connectivity index (χ3v) is 3.91.